The van der Waals surface area contributed by atoms with Crippen LogP contribution in [-0.4, -0.2) is 42.2 Å². The summed E-state index contributed by atoms with van der Waals surface area (Å²) in [6.07, 6.45) is 1.56. The van der Waals surface area contributed by atoms with Crippen LogP contribution in [0.4, 0.5) is 4.79 Å². The molecule has 7 heteroatoms. The van der Waals surface area contributed by atoms with E-state index in [1.807, 2.05) is 43.3 Å². The lowest BCUT2D eigenvalue weighted by atomic mass is 10.1. The Morgan fingerprint density at radius 3 is 3.08 bits per heavy atom. The highest BCUT2D eigenvalue weighted by Gasteiger charge is 2.26. The maximum Gasteiger partial charge on any atom is 0.317 e. The Hall–Kier alpha value is -2.12. The lowest BCUT2D eigenvalue weighted by Crippen LogP contribution is -2.47. The van der Waals surface area contributed by atoms with Gasteiger partial charge in [-0.2, -0.15) is 0 Å². The standard InChI is InChI=1S/C19H22BrN3O3/c1-2-25-18-11-14(7-8-21-18)12-22-19(24)23-9-10-26-17(13-23)15-5-3-4-6-16(15)20/h3-8,11,17H,2,9-10,12-13H2,1H3,(H,22,24). The van der Waals surface area contributed by atoms with E-state index in [0.717, 1.165) is 15.6 Å². The number of urea groups is 1. The maximum absolute atomic E-state index is 12.5. The van der Waals surface area contributed by atoms with Gasteiger partial charge in [0.05, 0.1) is 19.8 Å². The topological polar surface area (TPSA) is 63.7 Å². The number of rotatable bonds is 5. The largest absolute Gasteiger partial charge is 0.478 e. The van der Waals surface area contributed by atoms with Crippen LogP contribution in [0.15, 0.2) is 47.1 Å². The molecule has 0 radical (unpaired) electrons. The van der Waals surface area contributed by atoms with Crippen LogP contribution in [0, 0.1) is 0 Å². The van der Waals surface area contributed by atoms with Crippen LogP contribution >= 0.6 is 15.9 Å². The number of hydrogen-bond acceptors (Lipinski definition) is 4. The summed E-state index contributed by atoms with van der Waals surface area (Å²) in [4.78, 5) is 18.5. The molecule has 1 N–H and O–H groups in total. The molecule has 1 aromatic heterocycles. The molecule has 0 aliphatic carbocycles. The summed E-state index contributed by atoms with van der Waals surface area (Å²) in [6, 6.07) is 11.5. The van der Waals surface area contributed by atoms with Gasteiger partial charge in [-0.1, -0.05) is 34.1 Å². The molecule has 1 atom stereocenters. The number of nitrogens with zero attached hydrogens (tertiary/aromatic N) is 2. The molecule has 0 saturated carbocycles. The quantitative estimate of drug-likeness (QED) is 0.804. The van der Waals surface area contributed by atoms with Crippen molar-refractivity contribution in [1.29, 1.82) is 0 Å². The van der Waals surface area contributed by atoms with Gasteiger partial charge >= 0.3 is 6.03 Å². The normalized spacial score (nSPS) is 17.0. The lowest BCUT2D eigenvalue weighted by molar-refractivity contribution is -0.0158. The molecule has 2 heterocycles. The van der Waals surface area contributed by atoms with Crippen molar-refractivity contribution in [3.05, 3.63) is 58.2 Å². The molecule has 138 valence electrons. The monoisotopic (exact) mass is 419 g/mol. The van der Waals surface area contributed by atoms with Crippen molar-refractivity contribution in [2.75, 3.05) is 26.3 Å². The molecule has 3 rings (SSSR count). The predicted octanol–water partition coefficient (Wildman–Crippen LogP) is 3.53. The second-order valence-corrected chi connectivity index (χ2v) is 6.78. The Morgan fingerprint density at radius 2 is 2.27 bits per heavy atom. The number of amides is 2. The van der Waals surface area contributed by atoms with Gasteiger partial charge < -0.3 is 19.7 Å². The molecule has 1 aromatic carbocycles. The SMILES string of the molecule is CCOc1cc(CNC(=O)N2CCOC(c3ccccc3Br)C2)ccn1. The van der Waals surface area contributed by atoms with Crippen LogP contribution in [0.5, 0.6) is 5.88 Å². The summed E-state index contributed by atoms with van der Waals surface area (Å²) in [6.45, 7) is 4.52. The third kappa shape index (κ3) is 4.74. The number of carbonyl (C=O) groups excluding carboxylic acids is 1. The third-order valence-corrected chi connectivity index (χ3v) is 4.86. The van der Waals surface area contributed by atoms with Gasteiger partial charge in [0.1, 0.15) is 6.10 Å². The summed E-state index contributed by atoms with van der Waals surface area (Å²) in [5.74, 6) is 0.569. The molecular weight excluding hydrogens is 398 g/mol. The molecule has 1 aliphatic heterocycles. The van der Waals surface area contributed by atoms with E-state index < -0.39 is 0 Å². The highest BCUT2D eigenvalue weighted by molar-refractivity contribution is 9.10. The maximum atomic E-state index is 12.5. The first kappa shape index (κ1) is 18.7. The van der Waals surface area contributed by atoms with Crippen molar-refractivity contribution < 1.29 is 14.3 Å². The summed E-state index contributed by atoms with van der Waals surface area (Å²) in [5.41, 5.74) is 2.01. The van der Waals surface area contributed by atoms with E-state index >= 15 is 0 Å². The van der Waals surface area contributed by atoms with Crippen molar-refractivity contribution >= 4 is 22.0 Å². The highest BCUT2D eigenvalue weighted by atomic mass is 79.9. The molecule has 1 aliphatic rings. The Labute approximate surface area is 161 Å². The van der Waals surface area contributed by atoms with Crippen molar-refractivity contribution in [1.82, 2.24) is 15.2 Å². The van der Waals surface area contributed by atoms with E-state index in [4.69, 9.17) is 9.47 Å². The van der Waals surface area contributed by atoms with E-state index in [0.29, 0.717) is 38.7 Å². The van der Waals surface area contributed by atoms with E-state index in [9.17, 15) is 4.79 Å². The molecule has 2 aromatic rings. The summed E-state index contributed by atoms with van der Waals surface area (Å²) in [5, 5.41) is 2.96. The van der Waals surface area contributed by atoms with Gasteiger partial charge in [0, 0.05) is 29.8 Å². The fraction of sp³-hybridized carbons (Fsp3) is 0.368. The van der Waals surface area contributed by atoms with E-state index in [2.05, 4.69) is 26.2 Å². The average Bonchev–Trinajstić information content (AvgIpc) is 2.67. The van der Waals surface area contributed by atoms with Crippen LogP contribution in [0.25, 0.3) is 0 Å². The first-order chi connectivity index (χ1) is 12.7. The predicted molar refractivity (Wildman–Crippen MR) is 102 cm³/mol. The molecule has 0 bridgehead atoms. The van der Waals surface area contributed by atoms with Crippen molar-refractivity contribution in [3.8, 4) is 5.88 Å². The molecule has 1 saturated heterocycles. The minimum atomic E-state index is -0.129. The fourth-order valence-electron chi connectivity index (χ4n) is 2.83. The third-order valence-electron chi connectivity index (χ3n) is 4.14. The number of morpholine rings is 1. The molecule has 26 heavy (non-hydrogen) atoms. The average molecular weight is 420 g/mol. The van der Waals surface area contributed by atoms with Gasteiger partial charge in [-0.25, -0.2) is 9.78 Å². The second-order valence-electron chi connectivity index (χ2n) is 5.92. The van der Waals surface area contributed by atoms with Crippen LogP contribution in [-0.2, 0) is 11.3 Å². The van der Waals surface area contributed by atoms with Gasteiger partial charge in [-0.15, -0.1) is 0 Å². The molecular formula is C19H22BrN3O3. The fourth-order valence-corrected chi connectivity index (χ4v) is 3.37. The van der Waals surface area contributed by atoms with Gasteiger partial charge in [-0.3, -0.25) is 0 Å². The van der Waals surface area contributed by atoms with Crippen molar-refractivity contribution in [2.45, 2.75) is 19.6 Å². The minimum absolute atomic E-state index is 0.0971. The Balaban J connectivity index is 1.58. The summed E-state index contributed by atoms with van der Waals surface area (Å²) >= 11 is 3.55. The smallest absolute Gasteiger partial charge is 0.317 e. The number of nitrogens with one attached hydrogen (secondary N) is 1. The van der Waals surface area contributed by atoms with Crippen LogP contribution in [0.1, 0.15) is 24.2 Å². The molecule has 1 unspecified atom stereocenters. The zero-order chi connectivity index (χ0) is 18.4. The lowest BCUT2D eigenvalue weighted by Gasteiger charge is -2.33. The van der Waals surface area contributed by atoms with E-state index in [1.54, 1.807) is 11.1 Å². The molecule has 6 nitrogen and oxygen atoms in total. The number of carbonyl (C=O) groups is 1. The summed E-state index contributed by atoms with van der Waals surface area (Å²) in [7, 11) is 0. The van der Waals surface area contributed by atoms with Crippen molar-refractivity contribution in [2.24, 2.45) is 0 Å². The summed E-state index contributed by atoms with van der Waals surface area (Å²) < 4.78 is 12.2. The molecule has 0 spiro atoms. The minimum Gasteiger partial charge on any atom is -0.478 e. The van der Waals surface area contributed by atoms with Gasteiger partial charge in [0.15, 0.2) is 0 Å². The highest BCUT2D eigenvalue weighted by Crippen LogP contribution is 2.28. The van der Waals surface area contributed by atoms with Crippen LogP contribution < -0.4 is 10.1 Å². The number of pyridine rings is 1. The molecule has 1 fully saturated rings. The molecule has 2 amide bonds. The number of aromatic nitrogens is 1. The zero-order valence-electron chi connectivity index (χ0n) is 14.7. The van der Waals surface area contributed by atoms with E-state index in [1.165, 1.54) is 0 Å². The number of ether oxygens (including phenoxy) is 2. The van der Waals surface area contributed by atoms with Crippen LogP contribution in [0.3, 0.4) is 0 Å². The van der Waals surface area contributed by atoms with Gasteiger partial charge in [-0.05, 0) is 30.2 Å². The van der Waals surface area contributed by atoms with Crippen molar-refractivity contribution in [3.63, 3.8) is 0 Å². The number of benzene rings is 1. The number of halogens is 1. The number of hydrogen-bond donors (Lipinski definition) is 1. The second kappa shape index (κ2) is 9.00. The Kier molecular flexibility index (Phi) is 6.46. The van der Waals surface area contributed by atoms with Gasteiger partial charge in [0.25, 0.3) is 0 Å². The zero-order valence-corrected chi connectivity index (χ0v) is 16.2. The first-order valence-corrected chi connectivity index (χ1v) is 9.43. The Bertz CT molecular complexity index is 756. The van der Waals surface area contributed by atoms with E-state index in [-0.39, 0.29) is 12.1 Å². The van der Waals surface area contributed by atoms with Gasteiger partial charge in [0.2, 0.25) is 5.88 Å². The van der Waals surface area contributed by atoms with Crippen LogP contribution in [0.2, 0.25) is 0 Å². The Morgan fingerprint density at radius 1 is 1.42 bits per heavy atom. The first-order valence-electron chi connectivity index (χ1n) is 8.64.